The van der Waals surface area contributed by atoms with E-state index in [0.29, 0.717) is 13.0 Å². The van der Waals surface area contributed by atoms with Gasteiger partial charge >= 0.3 is 18.2 Å². The monoisotopic (exact) mass is 270 g/mol. The number of halogens is 3. The average Bonchev–Trinajstić information content (AvgIpc) is 2.67. The van der Waals surface area contributed by atoms with Crippen molar-refractivity contribution in [3.63, 3.8) is 0 Å². The van der Waals surface area contributed by atoms with Crippen molar-refractivity contribution in [1.82, 2.24) is 10.6 Å². The molecular formula is C9H13F3N2O4. The first-order valence-electron chi connectivity index (χ1n) is 5.26. The van der Waals surface area contributed by atoms with E-state index in [9.17, 15) is 22.8 Å². The molecule has 0 bridgehead atoms. The molecule has 0 radical (unpaired) electrons. The van der Waals surface area contributed by atoms with Crippen LogP contribution in [0.4, 0.5) is 18.0 Å². The molecule has 2 unspecified atom stereocenters. The number of aliphatic carboxylic acids is 1. The van der Waals surface area contributed by atoms with Gasteiger partial charge in [-0.1, -0.05) is 0 Å². The Labute approximate surface area is 100 Å². The second kappa shape index (κ2) is 5.89. The molecule has 1 aliphatic heterocycles. The van der Waals surface area contributed by atoms with E-state index in [1.54, 1.807) is 0 Å². The van der Waals surface area contributed by atoms with E-state index in [1.807, 2.05) is 5.32 Å². The molecular weight excluding hydrogens is 257 g/mol. The van der Waals surface area contributed by atoms with Crippen molar-refractivity contribution in [1.29, 1.82) is 0 Å². The van der Waals surface area contributed by atoms with Crippen LogP contribution in [0.2, 0.25) is 0 Å². The molecule has 1 fully saturated rings. The van der Waals surface area contributed by atoms with Gasteiger partial charge in [0.1, 0.15) is 6.23 Å². The molecule has 3 N–H and O–H groups in total. The van der Waals surface area contributed by atoms with E-state index < -0.39 is 36.9 Å². The van der Waals surface area contributed by atoms with Crippen LogP contribution in [0.25, 0.3) is 0 Å². The van der Waals surface area contributed by atoms with Crippen LogP contribution >= 0.6 is 0 Å². The molecule has 1 heterocycles. The Bertz CT molecular complexity index is 315. The summed E-state index contributed by atoms with van der Waals surface area (Å²) in [7, 11) is 0. The number of alkyl halides is 3. The summed E-state index contributed by atoms with van der Waals surface area (Å²) in [6, 6.07) is -0.877. The molecule has 1 saturated heterocycles. The summed E-state index contributed by atoms with van der Waals surface area (Å²) >= 11 is 0. The van der Waals surface area contributed by atoms with Gasteiger partial charge < -0.3 is 20.5 Å². The van der Waals surface area contributed by atoms with Gasteiger partial charge in [0, 0.05) is 13.2 Å². The molecule has 0 saturated carbocycles. The van der Waals surface area contributed by atoms with Crippen LogP contribution in [0.15, 0.2) is 0 Å². The lowest BCUT2D eigenvalue weighted by Gasteiger charge is -2.18. The topological polar surface area (TPSA) is 87.7 Å². The summed E-state index contributed by atoms with van der Waals surface area (Å²) in [5.41, 5.74) is 0. The van der Waals surface area contributed by atoms with Crippen LogP contribution in [0, 0.1) is 5.92 Å². The van der Waals surface area contributed by atoms with Gasteiger partial charge in [0.25, 0.3) is 0 Å². The molecule has 104 valence electrons. The van der Waals surface area contributed by atoms with Crippen LogP contribution in [-0.2, 0) is 9.53 Å². The van der Waals surface area contributed by atoms with Crippen LogP contribution in [0.3, 0.4) is 0 Å². The number of hydrogen-bond acceptors (Lipinski definition) is 3. The minimum atomic E-state index is -4.90. The number of nitrogens with one attached hydrogen (secondary N) is 2. The maximum absolute atomic E-state index is 12.2. The highest BCUT2D eigenvalue weighted by molar-refractivity contribution is 5.76. The van der Waals surface area contributed by atoms with Gasteiger partial charge in [0.15, 0.2) is 5.92 Å². The van der Waals surface area contributed by atoms with Crippen molar-refractivity contribution < 1.29 is 32.6 Å². The number of urea groups is 1. The zero-order valence-corrected chi connectivity index (χ0v) is 9.29. The Morgan fingerprint density at radius 2 is 2.11 bits per heavy atom. The maximum Gasteiger partial charge on any atom is 0.403 e. The molecule has 0 aromatic rings. The summed E-state index contributed by atoms with van der Waals surface area (Å²) < 4.78 is 41.8. The number of amides is 2. The molecule has 2 amide bonds. The quantitative estimate of drug-likeness (QED) is 0.701. The maximum atomic E-state index is 12.2. The fourth-order valence-corrected chi connectivity index (χ4v) is 1.43. The van der Waals surface area contributed by atoms with Crippen molar-refractivity contribution in [3.05, 3.63) is 0 Å². The van der Waals surface area contributed by atoms with Gasteiger partial charge in [-0.05, 0) is 12.8 Å². The zero-order valence-electron chi connectivity index (χ0n) is 9.29. The minimum absolute atomic E-state index is 0.477. The third-order valence-corrected chi connectivity index (χ3v) is 2.38. The van der Waals surface area contributed by atoms with Crippen LogP contribution in [0.1, 0.15) is 12.8 Å². The standard InChI is InChI=1S/C9H13F3N2O4/c10-9(11,12)5(7(15)16)4-13-8(17)14-6-2-1-3-18-6/h5-6H,1-4H2,(H,15,16)(H2,13,14,17). The fraction of sp³-hybridized carbons (Fsp3) is 0.778. The molecule has 0 aromatic carbocycles. The molecule has 9 heteroatoms. The molecule has 0 aliphatic carbocycles. The largest absolute Gasteiger partial charge is 0.481 e. The van der Waals surface area contributed by atoms with E-state index in [-0.39, 0.29) is 0 Å². The normalized spacial score (nSPS) is 21.4. The van der Waals surface area contributed by atoms with Crippen molar-refractivity contribution in [2.24, 2.45) is 5.92 Å². The number of carboxylic acid groups (broad SMARTS) is 1. The van der Waals surface area contributed by atoms with Crippen molar-refractivity contribution in [2.75, 3.05) is 13.2 Å². The first-order chi connectivity index (χ1) is 8.30. The second-order valence-electron chi connectivity index (χ2n) is 3.79. The molecule has 0 spiro atoms. The van der Waals surface area contributed by atoms with Gasteiger partial charge in [0.2, 0.25) is 0 Å². The Balaban J connectivity index is 2.37. The minimum Gasteiger partial charge on any atom is -0.481 e. The van der Waals surface area contributed by atoms with E-state index in [2.05, 4.69) is 5.32 Å². The first-order valence-corrected chi connectivity index (χ1v) is 5.26. The number of carbonyl (C=O) groups excluding carboxylic acids is 1. The fourth-order valence-electron chi connectivity index (χ4n) is 1.43. The van der Waals surface area contributed by atoms with Crippen molar-refractivity contribution in [3.8, 4) is 0 Å². The van der Waals surface area contributed by atoms with Gasteiger partial charge in [0.05, 0.1) is 0 Å². The van der Waals surface area contributed by atoms with Crippen LogP contribution in [0.5, 0.6) is 0 Å². The summed E-state index contributed by atoms with van der Waals surface area (Å²) in [4.78, 5) is 21.6. The highest BCUT2D eigenvalue weighted by atomic mass is 19.4. The predicted molar refractivity (Wildman–Crippen MR) is 52.7 cm³/mol. The van der Waals surface area contributed by atoms with Gasteiger partial charge in [-0.3, -0.25) is 4.79 Å². The summed E-state index contributed by atoms with van der Waals surface area (Å²) in [6.45, 7) is -0.539. The number of ether oxygens (including phenoxy) is 1. The van der Waals surface area contributed by atoms with Gasteiger partial charge in [-0.2, -0.15) is 13.2 Å². The predicted octanol–water partition coefficient (Wildman–Crippen LogP) is 0.685. The number of carbonyl (C=O) groups is 2. The van der Waals surface area contributed by atoms with Crippen molar-refractivity contribution >= 4 is 12.0 Å². The van der Waals surface area contributed by atoms with Gasteiger partial charge in [-0.15, -0.1) is 0 Å². The Morgan fingerprint density at radius 3 is 2.56 bits per heavy atom. The third-order valence-electron chi connectivity index (χ3n) is 2.38. The zero-order chi connectivity index (χ0) is 13.8. The summed E-state index contributed by atoms with van der Waals surface area (Å²) in [5.74, 6) is -4.65. The molecule has 6 nitrogen and oxygen atoms in total. The number of hydrogen-bond donors (Lipinski definition) is 3. The lowest BCUT2D eigenvalue weighted by Crippen LogP contribution is -2.47. The third kappa shape index (κ3) is 4.40. The first kappa shape index (κ1) is 14.6. The SMILES string of the molecule is O=C(NCC(C(=O)O)C(F)(F)F)NC1CCCO1. The molecule has 1 aliphatic rings. The highest BCUT2D eigenvalue weighted by Gasteiger charge is 2.45. The van der Waals surface area contributed by atoms with Gasteiger partial charge in [-0.25, -0.2) is 4.79 Å². The van der Waals surface area contributed by atoms with Crippen molar-refractivity contribution in [2.45, 2.75) is 25.2 Å². The average molecular weight is 270 g/mol. The van der Waals surface area contributed by atoms with E-state index in [1.165, 1.54) is 0 Å². The molecule has 0 aromatic heterocycles. The van der Waals surface area contributed by atoms with Crippen LogP contribution in [-0.4, -0.2) is 42.7 Å². The van der Waals surface area contributed by atoms with Crippen LogP contribution < -0.4 is 10.6 Å². The number of carboxylic acids is 1. The molecule has 2 atom stereocenters. The summed E-state index contributed by atoms with van der Waals surface area (Å²) in [6.07, 6.45) is -4.09. The van der Waals surface area contributed by atoms with E-state index >= 15 is 0 Å². The number of rotatable bonds is 4. The Morgan fingerprint density at radius 1 is 1.44 bits per heavy atom. The Hall–Kier alpha value is -1.51. The van der Waals surface area contributed by atoms with E-state index in [0.717, 1.165) is 6.42 Å². The molecule has 18 heavy (non-hydrogen) atoms. The lowest BCUT2D eigenvalue weighted by atomic mass is 10.1. The summed E-state index contributed by atoms with van der Waals surface area (Å²) in [5, 5.41) is 12.5. The Kier molecular flexibility index (Phi) is 4.76. The second-order valence-corrected chi connectivity index (χ2v) is 3.79. The molecule has 1 rings (SSSR count). The lowest BCUT2D eigenvalue weighted by molar-refractivity contribution is -0.191. The van der Waals surface area contributed by atoms with E-state index in [4.69, 9.17) is 9.84 Å². The smallest absolute Gasteiger partial charge is 0.403 e. The highest BCUT2D eigenvalue weighted by Crippen LogP contribution is 2.25.